The number of amides is 1. The molecule has 90 valence electrons. The Morgan fingerprint density at radius 3 is 2.94 bits per heavy atom. The quantitative estimate of drug-likeness (QED) is 0.833. The van der Waals surface area contributed by atoms with Crippen LogP contribution in [0.2, 0.25) is 5.02 Å². The largest absolute Gasteiger partial charge is 0.481 e. The van der Waals surface area contributed by atoms with Crippen LogP contribution in [-0.4, -0.2) is 18.6 Å². The third-order valence-electron chi connectivity index (χ3n) is 2.18. The summed E-state index contributed by atoms with van der Waals surface area (Å²) < 4.78 is 5.47. The van der Waals surface area contributed by atoms with Gasteiger partial charge in [-0.3, -0.25) is 4.79 Å². The van der Waals surface area contributed by atoms with Crippen molar-refractivity contribution in [3.63, 3.8) is 0 Å². The SMILES string of the molecule is C#CCNC(=O)C(C)Oc1ccc(Cl)c(C)c1. The lowest BCUT2D eigenvalue weighted by molar-refractivity contribution is -0.126. The fourth-order valence-electron chi connectivity index (χ4n) is 1.23. The number of benzene rings is 1. The van der Waals surface area contributed by atoms with E-state index in [4.69, 9.17) is 22.8 Å². The number of hydrogen-bond donors (Lipinski definition) is 1. The number of carbonyl (C=O) groups excluding carboxylic acids is 1. The van der Waals surface area contributed by atoms with Crippen molar-refractivity contribution < 1.29 is 9.53 Å². The van der Waals surface area contributed by atoms with Gasteiger partial charge in [-0.2, -0.15) is 0 Å². The number of hydrogen-bond acceptors (Lipinski definition) is 2. The highest BCUT2D eigenvalue weighted by Gasteiger charge is 2.13. The molecule has 0 heterocycles. The van der Waals surface area contributed by atoms with Gasteiger partial charge in [0.25, 0.3) is 5.91 Å². The molecule has 0 aliphatic carbocycles. The minimum Gasteiger partial charge on any atom is -0.481 e. The number of aryl methyl sites for hydroxylation is 1. The highest BCUT2D eigenvalue weighted by Crippen LogP contribution is 2.21. The van der Waals surface area contributed by atoms with Crippen molar-refractivity contribution in [1.82, 2.24) is 5.32 Å². The van der Waals surface area contributed by atoms with E-state index >= 15 is 0 Å². The van der Waals surface area contributed by atoms with Crippen molar-refractivity contribution in [2.45, 2.75) is 20.0 Å². The van der Waals surface area contributed by atoms with Crippen molar-refractivity contribution in [2.75, 3.05) is 6.54 Å². The maximum Gasteiger partial charge on any atom is 0.261 e. The van der Waals surface area contributed by atoms with E-state index in [0.29, 0.717) is 10.8 Å². The number of nitrogens with one attached hydrogen (secondary N) is 1. The van der Waals surface area contributed by atoms with E-state index < -0.39 is 6.10 Å². The smallest absolute Gasteiger partial charge is 0.261 e. The van der Waals surface area contributed by atoms with Crippen LogP contribution in [0.15, 0.2) is 18.2 Å². The molecule has 0 radical (unpaired) electrons. The maximum atomic E-state index is 11.5. The molecule has 0 aliphatic heterocycles. The molecule has 0 bridgehead atoms. The van der Waals surface area contributed by atoms with Gasteiger partial charge < -0.3 is 10.1 Å². The number of terminal acetylenes is 1. The summed E-state index contributed by atoms with van der Waals surface area (Å²) in [5.41, 5.74) is 0.903. The van der Waals surface area contributed by atoms with Gasteiger partial charge in [0.2, 0.25) is 0 Å². The topological polar surface area (TPSA) is 38.3 Å². The highest BCUT2D eigenvalue weighted by atomic mass is 35.5. The molecule has 1 N–H and O–H groups in total. The predicted molar refractivity (Wildman–Crippen MR) is 68.1 cm³/mol. The van der Waals surface area contributed by atoms with Crippen LogP contribution >= 0.6 is 11.6 Å². The molecule has 17 heavy (non-hydrogen) atoms. The summed E-state index contributed by atoms with van der Waals surface area (Å²) >= 11 is 5.89. The van der Waals surface area contributed by atoms with Crippen LogP contribution < -0.4 is 10.1 Å². The second kappa shape index (κ2) is 6.17. The van der Waals surface area contributed by atoms with E-state index in [-0.39, 0.29) is 12.5 Å². The Morgan fingerprint density at radius 1 is 1.65 bits per heavy atom. The summed E-state index contributed by atoms with van der Waals surface area (Å²) in [6, 6.07) is 5.24. The van der Waals surface area contributed by atoms with Crippen LogP contribution in [0.5, 0.6) is 5.75 Å². The molecule has 1 aromatic carbocycles. The second-order valence-electron chi connectivity index (χ2n) is 3.59. The van der Waals surface area contributed by atoms with Crippen molar-refractivity contribution in [3.05, 3.63) is 28.8 Å². The molecule has 4 heteroatoms. The standard InChI is InChI=1S/C13H14ClNO2/c1-4-7-15-13(16)10(3)17-11-5-6-12(14)9(2)8-11/h1,5-6,8,10H,7H2,2-3H3,(H,15,16). The van der Waals surface area contributed by atoms with Crippen LogP contribution in [0.1, 0.15) is 12.5 Å². The Morgan fingerprint density at radius 2 is 2.35 bits per heavy atom. The summed E-state index contributed by atoms with van der Waals surface area (Å²) in [4.78, 5) is 11.5. The summed E-state index contributed by atoms with van der Waals surface area (Å²) in [6.07, 6.45) is 4.45. The molecule has 1 atom stereocenters. The highest BCUT2D eigenvalue weighted by molar-refractivity contribution is 6.31. The average molecular weight is 252 g/mol. The van der Waals surface area contributed by atoms with Gasteiger partial charge in [0.15, 0.2) is 6.10 Å². The normalized spacial score (nSPS) is 11.4. The van der Waals surface area contributed by atoms with Crippen molar-refractivity contribution in [1.29, 1.82) is 0 Å². The van der Waals surface area contributed by atoms with E-state index in [2.05, 4.69) is 11.2 Å². The van der Waals surface area contributed by atoms with E-state index in [0.717, 1.165) is 5.56 Å². The van der Waals surface area contributed by atoms with Gasteiger partial charge in [0.05, 0.1) is 6.54 Å². The zero-order valence-electron chi connectivity index (χ0n) is 9.79. The molecule has 1 aromatic rings. The lowest BCUT2D eigenvalue weighted by Gasteiger charge is -2.14. The average Bonchev–Trinajstić information content (AvgIpc) is 2.30. The van der Waals surface area contributed by atoms with Gasteiger partial charge in [-0.05, 0) is 37.6 Å². The molecular formula is C13H14ClNO2. The fraction of sp³-hybridized carbons (Fsp3) is 0.308. The third kappa shape index (κ3) is 4.01. The van der Waals surface area contributed by atoms with E-state index in [1.807, 2.05) is 6.92 Å². The molecule has 0 fully saturated rings. The lowest BCUT2D eigenvalue weighted by atomic mass is 10.2. The van der Waals surface area contributed by atoms with Crippen molar-refractivity contribution in [3.8, 4) is 18.1 Å². The van der Waals surface area contributed by atoms with Crippen LogP contribution in [-0.2, 0) is 4.79 Å². The second-order valence-corrected chi connectivity index (χ2v) is 4.00. The summed E-state index contributed by atoms with van der Waals surface area (Å²) in [5.74, 6) is 2.70. The van der Waals surface area contributed by atoms with Gasteiger partial charge in [-0.25, -0.2) is 0 Å². The van der Waals surface area contributed by atoms with Crippen molar-refractivity contribution >= 4 is 17.5 Å². The molecule has 1 amide bonds. The lowest BCUT2D eigenvalue weighted by Crippen LogP contribution is -2.36. The number of rotatable bonds is 4. The van der Waals surface area contributed by atoms with Crippen LogP contribution in [0.4, 0.5) is 0 Å². The Bertz CT molecular complexity index is 451. The number of halogens is 1. The summed E-state index contributed by atoms with van der Waals surface area (Å²) in [6.45, 7) is 3.74. The molecule has 0 saturated heterocycles. The molecular weight excluding hydrogens is 238 g/mol. The molecule has 0 saturated carbocycles. The van der Waals surface area contributed by atoms with Gasteiger partial charge in [-0.15, -0.1) is 6.42 Å². The molecule has 1 rings (SSSR count). The first-order chi connectivity index (χ1) is 8.04. The number of ether oxygens (including phenoxy) is 1. The van der Waals surface area contributed by atoms with Gasteiger partial charge in [0.1, 0.15) is 5.75 Å². The summed E-state index contributed by atoms with van der Waals surface area (Å²) in [5, 5.41) is 3.22. The molecule has 1 unspecified atom stereocenters. The Kier molecular flexibility index (Phi) is 4.86. The van der Waals surface area contributed by atoms with Crippen LogP contribution in [0.25, 0.3) is 0 Å². The van der Waals surface area contributed by atoms with E-state index in [9.17, 15) is 4.79 Å². The fourth-order valence-corrected chi connectivity index (χ4v) is 1.35. The molecule has 0 aromatic heterocycles. The molecule has 3 nitrogen and oxygen atoms in total. The Balaban J connectivity index is 2.62. The first-order valence-electron chi connectivity index (χ1n) is 5.18. The van der Waals surface area contributed by atoms with Gasteiger partial charge >= 0.3 is 0 Å². The van der Waals surface area contributed by atoms with E-state index in [1.54, 1.807) is 25.1 Å². The van der Waals surface area contributed by atoms with Gasteiger partial charge in [-0.1, -0.05) is 17.5 Å². The first kappa shape index (κ1) is 13.4. The minimum absolute atomic E-state index is 0.201. The van der Waals surface area contributed by atoms with Crippen molar-refractivity contribution in [2.24, 2.45) is 0 Å². The van der Waals surface area contributed by atoms with Gasteiger partial charge in [0, 0.05) is 5.02 Å². The Hall–Kier alpha value is -1.66. The van der Waals surface area contributed by atoms with E-state index in [1.165, 1.54) is 0 Å². The number of carbonyl (C=O) groups is 1. The Labute approximate surface area is 106 Å². The third-order valence-corrected chi connectivity index (χ3v) is 2.60. The molecule has 0 aliphatic rings. The predicted octanol–water partition coefficient (Wildman–Crippen LogP) is 2.17. The monoisotopic (exact) mass is 251 g/mol. The zero-order chi connectivity index (χ0) is 12.8. The van der Waals surface area contributed by atoms with Crippen LogP contribution in [0.3, 0.4) is 0 Å². The minimum atomic E-state index is -0.594. The summed E-state index contributed by atoms with van der Waals surface area (Å²) in [7, 11) is 0. The first-order valence-corrected chi connectivity index (χ1v) is 5.56. The van der Waals surface area contributed by atoms with Crippen LogP contribution in [0, 0.1) is 19.3 Å². The zero-order valence-corrected chi connectivity index (χ0v) is 10.5. The maximum absolute atomic E-state index is 11.5. The molecule has 0 spiro atoms.